The summed E-state index contributed by atoms with van der Waals surface area (Å²) in [4.78, 5) is 15.3. The van der Waals surface area contributed by atoms with Gasteiger partial charge in [-0.05, 0) is 62.7 Å². The number of piperidine rings is 1. The Bertz CT molecular complexity index is 872. The molecule has 2 aliphatic rings. The van der Waals surface area contributed by atoms with Gasteiger partial charge in [-0.2, -0.15) is 0 Å². The number of nitrogens with one attached hydrogen (secondary N) is 1. The molecule has 1 amide bonds. The minimum atomic E-state index is -0.0470. The summed E-state index contributed by atoms with van der Waals surface area (Å²) in [7, 11) is 5.70. The van der Waals surface area contributed by atoms with E-state index in [2.05, 4.69) is 35.5 Å². The first-order valence-corrected chi connectivity index (χ1v) is 10.8. The SMILES string of the molecule is COc1cccc([C@@]23CCN(C)C[C@H]2C(OC)C[C@H](NC(=O)c2ccccc2)C3)c1. The third kappa shape index (κ3) is 3.96. The lowest BCUT2D eigenvalue weighted by molar-refractivity contribution is -0.0629. The minimum absolute atomic E-state index is 0.0115. The summed E-state index contributed by atoms with van der Waals surface area (Å²) in [6, 6.07) is 18.0. The third-order valence-corrected chi connectivity index (χ3v) is 7.05. The van der Waals surface area contributed by atoms with Gasteiger partial charge in [0, 0.05) is 36.6 Å². The topological polar surface area (TPSA) is 50.8 Å². The van der Waals surface area contributed by atoms with Gasteiger partial charge in [0.25, 0.3) is 5.91 Å². The van der Waals surface area contributed by atoms with Crippen molar-refractivity contribution in [3.8, 4) is 5.75 Å². The van der Waals surface area contributed by atoms with Gasteiger partial charge in [0.05, 0.1) is 13.2 Å². The molecule has 1 saturated heterocycles. The molecular formula is C25H32N2O3. The molecule has 2 fully saturated rings. The zero-order valence-electron chi connectivity index (χ0n) is 18.1. The molecule has 1 N–H and O–H groups in total. The number of nitrogens with zero attached hydrogens (tertiary/aromatic N) is 1. The van der Waals surface area contributed by atoms with E-state index in [-0.39, 0.29) is 23.5 Å². The largest absolute Gasteiger partial charge is 0.497 e. The Hall–Kier alpha value is -2.37. The smallest absolute Gasteiger partial charge is 0.251 e. The van der Waals surface area contributed by atoms with Crippen LogP contribution in [0.4, 0.5) is 0 Å². The molecule has 30 heavy (non-hydrogen) atoms. The summed E-state index contributed by atoms with van der Waals surface area (Å²) in [6.07, 6.45) is 2.88. The normalized spacial score (nSPS) is 29.1. The molecule has 5 nitrogen and oxygen atoms in total. The monoisotopic (exact) mass is 408 g/mol. The molecule has 4 rings (SSSR count). The van der Waals surface area contributed by atoms with Gasteiger partial charge in [-0.25, -0.2) is 0 Å². The van der Waals surface area contributed by atoms with Crippen LogP contribution in [0.1, 0.15) is 35.2 Å². The Labute approximate surface area is 179 Å². The van der Waals surface area contributed by atoms with Crippen molar-refractivity contribution >= 4 is 5.91 Å². The number of likely N-dealkylation sites (tertiary alicyclic amines) is 1. The zero-order chi connectivity index (χ0) is 21.1. The molecule has 5 heteroatoms. The Morgan fingerprint density at radius 1 is 1.13 bits per heavy atom. The summed E-state index contributed by atoms with van der Waals surface area (Å²) < 4.78 is 11.6. The molecular weight excluding hydrogens is 376 g/mol. The van der Waals surface area contributed by atoms with E-state index in [1.807, 2.05) is 36.4 Å². The summed E-state index contributed by atoms with van der Waals surface area (Å²) in [5, 5.41) is 3.30. The van der Waals surface area contributed by atoms with Crippen LogP contribution in [0.2, 0.25) is 0 Å². The van der Waals surface area contributed by atoms with Crippen LogP contribution >= 0.6 is 0 Å². The van der Waals surface area contributed by atoms with Crippen LogP contribution in [-0.2, 0) is 10.2 Å². The van der Waals surface area contributed by atoms with E-state index in [0.717, 1.165) is 38.1 Å². The molecule has 2 aromatic carbocycles. The molecule has 0 bridgehead atoms. The Morgan fingerprint density at radius 3 is 2.67 bits per heavy atom. The number of carbonyl (C=O) groups excluding carboxylic acids is 1. The highest BCUT2D eigenvalue weighted by atomic mass is 16.5. The second-order valence-electron chi connectivity index (χ2n) is 8.76. The number of fused-ring (bicyclic) bond motifs is 1. The minimum Gasteiger partial charge on any atom is -0.497 e. The summed E-state index contributed by atoms with van der Waals surface area (Å²) in [5.74, 6) is 1.24. The number of rotatable bonds is 5. The molecule has 1 aliphatic carbocycles. The summed E-state index contributed by atoms with van der Waals surface area (Å²) >= 11 is 0. The van der Waals surface area contributed by atoms with Crippen LogP contribution < -0.4 is 10.1 Å². The maximum atomic E-state index is 12.9. The van der Waals surface area contributed by atoms with Crippen LogP contribution in [0, 0.1) is 5.92 Å². The Balaban J connectivity index is 1.67. The fourth-order valence-electron chi connectivity index (χ4n) is 5.51. The van der Waals surface area contributed by atoms with E-state index >= 15 is 0 Å². The second-order valence-corrected chi connectivity index (χ2v) is 8.76. The highest BCUT2D eigenvalue weighted by Gasteiger charge is 2.52. The van der Waals surface area contributed by atoms with Crippen molar-refractivity contribution < 1.29 is 14.3 Å². The Morgan fingerprint density at radius 2 is 1.93 bits per heavy atom. The van der Waals surface area contributed by atoms with E-state index in [1.54, 1.807) is 14.2 Å². The fourth-order valence-corrected chi connectivity index (χ4v) is 5.51. The molecule has 4 atom stereocenters. The lowest BCUT2D eigenvalue weighted by Crippen LogP contribution is -2.60. The van der Waals surface area contributed by atoms with Crippen molar-refractivity contribution in [1.29, 1.82) is 0 Å². The first-order valence-electron chi connectivity index (χ1n) is 10.8. The molecule has 2 aromatic rings. The van der Waals surface area contributed by atoms with Gasteiger partial charge in [-0.3, -0.25) is 4.79 Å². The van der Waals surface area contributed by atoms with Crippen LogP contribution in [0.25, 0.3) is 0 Å². The van der Waals surface area contributed by atoms with Gasteiger partial charge < -0.3 is 19.7 Å². The Kier molecular flexibility index (Phi) is 6.11. The van der Waals surface area contributed by atoms with Gasteiger partial charge in [-0.15, -0.1) is 0 Å². The number of amides is 1. The predicted molar refractivity (Wildman–Crippen MR) is 118 cm³/mol. The fraction of sp³-hybridized carbons (Fsp3) is 0.480. The van der Waals surface area contributed by atoms with Gasteiger partial charge >= 0.3 is 0 Å². The van der Waals surface area contributed by atoms with E-state index in [4.69, 9.17) is 9.47 Å². The molecule has 1 aliphatic heterocycles. The van der Waals surface area contributed by atoms with Crippen molar-refractivity contribution in [2.75, 3.05) is 34.4 Å². The summed E-state index contributed by atoms with van der Waals surface area (Å²) in [5.41, 5.74) is 1.95. The summed E-state index contributed by atoms with van der Waals surface area (Å²) in [6.45, 7) is 2.03. The number of benzene rings is 2. The number of hydrogen-bond donors (Lipinski definition) is 1. The van der Waals surface area contributed by atoms with Crippen molar-refractivity contribution in [2.24, 2.45) is 5.92 Å². The number of carbonyl (C=O) groups is 1. The molecule has 0 spiro atoms. The van der Waals surface area contributed by atoms with Crippen LogP contribution in [0.15, 0.2) is 54.6 Å². The first-order chi connectivity index (χ1) is 14.6. The van der Waals surface area contributed by atoms with Gasteiger partial charge in [0.15, 0.2) is 0 Å². The predicted octanol–water partition coefficient (Wildman–Crippen LogP) is 3.49. The van der Waals surface area contributed by atoms with Crippen LogP contribution in [0.5, 0.6) is 5.75 Å². The van der Waals surface area contributed by atoms with Crippen LogP contribution in [-0.4, -0.2) is 57.3 Å². The average Bonchev–Trinajstić information content (AvgIpc) is 2.79. The van der Waals surface area contributed by atoms with Crippen molar-refractivity contribution in [3.05, 3.63) is 65.7 Å². The molecule has 1 heterocycles. The average molecular weight is 409 g/mol. The van der Waals surface area contributed by atoms with E-state index in [9.17, 15) is 4.79 Å². The van der Waals surface area contributed by atoms with Crippen molar-refractivity contribution in [3.63, 3.8) is 0 Å². The van der Waals surface area contributed by atoms with E-state index in [1.165, 1.54) is 5.56 Å². The molecule has 1 unspecified atom stereocenters. The van der Waals surface area contributed by atoms with E-state index in [0.29, 0.717) is 11.5 Å². The van der Waals surface area contributed by atoms with Crippen molar-refractivity contribution in [2.45, 2.75) is 36.8 Å². The first kappa shape index (κ1) is 20.9. The quantitative estimate of drug-likeness (QED) is 0.823. The van der Waals surface area contributed by atoms with E-state index < -0.39 is 0 Å². The molecule has 0 radical (unpaired) electrons. The lowest BCUT2D eigenvalue weighted by Gasteiger charge is -2.55. The third-order valence-electron chi connectivity index (χ3n) is 7.05. The molecule has 160 valence electrons. The molecule has 1 saturated carbocycles. The highest BCUT2D eigenvalue weighted by Crippen LogP contribution is 2.50. The van der Waals surface area contributed by atoms with Crippen LogP contribution in [0.3, 0.4) is 0 Å². The number of ether oxygens (including phenoxy) is 2. The molecule has 0 aromatic heterocycles. The zero-order valence-corrected chi connectivity index (χ0v) is 18.1. The van der Waals surface area contributed by atoms with Crippen molar-refractivity contribution in [1.82, 2.24) is 10.2 Å². The number of hydrogen-bond acceptors (Lipinski definition) is 4. The lowest BCUT2D eigenvalue weighted by atomic mass is 9.57. The maximum absolute atomic E-state index is 12.9. The van der Waals surface area contributed by atoms with Gasteiger partial charge in [-0.1, -0.05) is 30.3 Å². The second kappa shape index (κ2) is 8.78. The maximum Gasteiger partial charge on any atom is 0.251 e. The number of methoxy groups -OCH3 is 2. The highest BCUT2D eigenvalue weighted by molar-refractivity contribution is 5.94. The van der Waals surface area contributed by atoms with Gasteiger partial charge in [0.2, 0.25) is 0 Å². The standard InChI is InChI=1S/C25H32N2O3/c1-27-13-12-25(19-10-7-11-21(14-19)29-2)16-20(15-23(30-3)22(25)17-27)26-24(28)18-8-5-4-6-9-18/h4-11,14,20,22-23H,12-13,15-17H2,1-3H3,(H,26,28)/t20-,22-,23?,25-/m0/s1. The van der Waals surface area contributed by atoms with Gasteiger partial charge in [0.1, 0.15) is 5.75 Å².